The number of rotatable bonds is 8. The van der Waals surface area contributed by atoms with Crippen LogP contribution in [0, 0.1) is 16.9 Å². The quantitative estimate of drug-likeness (QED) is 0.166. The normalized spacial score (nSPS) is 15.6. The first-order chi connectivity index (χ1) is 18.9. The van der Waals surface area contributed by atoms with Crippen LogP contribution in [0.4, 0.5) is 4.39 Å². The van der Waals surface area contributed by atoms with Crippen molar-refractivity contribution in [1.82, 2.24) is 20.2 Å². The van der Waals surface area contributed by atoms with Crippen molar-refractivity contribution in [2.24, 2.45) is 10.9 Å². The van der Waals surface area contributed by atoms with E-state index >= 15 is 4.39 Å². The van der Waals surface area contributed by atoms with Gasteiger partial charge in [0.1, 0.15) is 17.9 Å². The van der Waals surface area contributed by atoms with Gasteiger partial charge >= 0.3 is 0 Å². The Bertz CT molecular complexity index is 1650. The van der Waals surface area contributed by atoms with E-state index in [0.29, 0.717) is 51.0 Å². The van der Waals surface area contributed by atoms with Crippen LogP contribution >= 0.6 is 11.6 Å². The third-order valence-corrected chi connectivity index (χ3v) is 7.48. The Labute approximate surface area is 229 Å². The molecule has 1 saturated carbocycles. The number of aliphatic hydroxyl groups is 1. The summed E-state index contributed by atoms with van der Waals surface area (Å²) in [6.45, 7) is 3.45. The maximum absolute atomic E-state index is 15.1. The second-order valence-corrected chi connectivity index (χ2v) is 10.3. The molecule has 0 bridgehead atoms. The van der Waals surface area contributed by atoms with Crippen molar-refractivity contribution in [1.29, 1.82) is 0 Å². The summed E-state index contributed by atoms with van der Waals surface area (Å²) in [4.78, 5) is 4.66. The van der Waals surface area contributed by atoms with Crippen LogP contribution in [0.25, 0.3) is 28.1 Å². The number of aromatic nitrogens is 5. The largest absolute Gasteiger partial charge is 0.618 e. The maximum Gasteiger partial charge on any atom is 0.201 e. The minimum atomic E-state index is -0.533. The molecule has 8 nitrogen and oxygen atoms in total. The van der Waals surface area contributed by atoms with Gasteiger partial charge in [-0.1, -0.05) is 43.2 Å². The van der Waals surface area contributed by atoms with Gasteiger partial charge in [-0.25, -0.2) is 4.39 Å². The molecular formula is C29H24ClFN6O2. The van der Waals surface area contributed by atoms with Gasteiger partial charge in [0, 0.05) is 46.1 Å². The van der Waals surface area contributed by atoms with Gasteiger partial charge in [-0.05, 0) is 58.7 Å². The molecule has 1 N–H and O–H groups in total. The molecule has 3 heterocycles. The Morgan fingerprint density at radius 1 is 1.21 bits per heavy atom. The lowest BCUT2D eigenvalue weighted by Gasteiger charge is -2.18. The van der Waals surface area contributed by atoms with Crippen LogP contribution in [-0.2, 0) is 0 Å². The summed E-state index contributed by atoms with van der Waals surface area (Å²) in [5, 5.41) is 35.2. The number of hydrogen-bond acceptors (Lipinski definition) is 6. The van der Waals surface area contributed by atoms with Gasteiger partial charge in [-0.2, -0.15) is 9.41 Å². The summed E-state index contributed by atoms with van der Waals surface area (Å²) in [5.74, 6) is -0.542. The highest BCUT2D eigenvalue weighted by Gasteiger charge is 2.35. The number of allylic oxidation sites excluding steroid dienone is 1. The number of nitrogens with zero attached hydrogens (tertiary/aromatic N) is 6. The molecule has 39 heavy (non-hydrogen) atoms. The summed E-state index contributed by atoms with van der Waals surface area (Å²) in [5.41, 5.74) is 4.61. The SMILES string of the molecule is C=C(O)c1cccc(C2=CN=C(C(CC3CC3)c3ccc(-c4cc(Cl)ccc4-n4cnnn4)c[n+]3[O-])C2)c1F. The van der Waals surface area contributed by atoms with Gasteiger partial charge in [0.05, 0.1) is 17.2 Å². The Balaban J connectivity index is 1.31. The number of hydrogen-bond donors (Lipinski definition) is 1. The van der Waals surface area contributed by atoms with E-state index in [1.165, 1.54) is 23.3 Å². The lowest BCUT2D eigenvalue weighted by Crippen LogP contribution is -2.35. The van der Waals surface area contributed by atoms with Crippen LogP contribution in [0.2, 0.25) is 5.02 Å². The molecule has 2 aromatic carbocycles. The van der Waals surface area contributed by atoms with Crippen molar-refractivity contribution in [3.05, 3.63) is 107 Å². The first kappa shape index (κ1) is 24.9. The van der Waals surface area contributed by atoms with E-state index in [4.69, 9.17) is 11.6 Å². The number of halogens is 2. The van der Waals surface area contributed by atoms with Gasteiger partial charge in [0.15, 0.2) is 6.20 Å². The molecule has 10 heteroatoms. The molecule has 196 valence electrons. The fraction of sp³-hybridized carbons (Fsp3) is 0.207. The van der Waals surface area contributed by atoms with Crippen molar-refractivity contribution in [2.75, 3.05) is 0 Å². The smallest absolute Gasteiger partial charge is 0.201 e. The molecular weight excluding hydrogens is 519 g/mol. The van der Waals surface area contributed by atoms with Gasteiger partial charge in [-0.3, -0.25) is 4.99 Å². The maximum atomic E-state index is 15.1. The Morgan fingerprint density at radius 2 is 2.05 bits per heavy atom. The zero-order valence-corrected chi connectivity index (χ0v) is 21.6. The number of tetrazole rings is 1. The number of aliphatic imine (C=N–C) groups is 1. The van der Waals surface area contributed by atoms with Crippen LogP contribution in [0.15, 0.2) is 78.8 Å². The van der Waals surface area contributed by atoms with E-state index in [9.17, 15) is 10.3 Å². The lowest BCUT2D eigenvalue weighted by atomic mass is 9.88. The minimum absolute atomic E-state index is 0.0615. The molecule has 2 aromatic heterocycles. The highest BCUT2D eigenvalue weighted by Crippen LogP contribution is 2.42. The molecule has 6 rings (SSSR count). The molecule has 1 fully saturated rings. The van der Waals surface area contributed by atoms with E-state index < -0.39 is 5.82 Å². The van der Waals surface area contributed by atoms with Gasteiger partial charge in [-0.15, -0.1) is 5.10 Å². The lowest BCUT2D eigenvalue weighted by molar-refractivity contribution is -0.614. The molecule has 0 saturated heterocycles. The first-order valence-corrected chi connectivity index (χ1v) is 13.0. The Hall–Kier alpha value is -4.37. The summed E-state index contributed by atoms with van der Waals surface area (Å²) >= 11 is 6.29. The number of benzene rings is 2. The van der Waals surface area contributed by atoms with Crippen LogP contribution < -0.4 is 4.73 Å². The molecule has 0 radical (unpaired) electrons. The average molecular weight is 543 g/mol. The summed E-state index contributed by atoms with van der Waals surface area (Å²) in [6, 6.07) is 13.9. The number of aliphatic hydroxyl groups excluding tert-OH is 1. The van der Waals surface area contributed by atoms with Crippen molar-refractivity contribution >= 4 is 28.6 Å². The predicted octanol–water partition coefficient (Wildman–Crippen LogP) is 6.05. The van der Waals surface area contributed by atoms with Gasteiger partial charge in [0.25, 0.3) is 0 Å². The topological polar surface area (TPSA) is 103 Å². The third kappa shape index (κ3) is 4.93. The second kappa shape index (κ2) is 10.1. The van der Waals surface area contributed by atoms with E-state index in [0.717, 1.165) is 29.7 Å². The van der Waals surface area contributed by atoms with E-state index in [-0.39, 0.29) is 17.2 Å². The average Bonchev–Trinajstić information content (AvgIpc) is 3.35. The minimum Gasteiger partial charge on any atom is -0.618 e. The second-order valence-electron chi connectivity index (χ2n) is 9.88. The third-order valence-electron chi connectivity index (χ3n) is 7.25. The summed E-state index contributed by atoms with van der Waals surface area (Å²) in [6.07, 6.45) is 8.12. The summed E-state index contributed by atoms with van der Waals surface area (Å²) in [7, 11) is 0. The van der Waals surface area contributed by atoms with Crippen LogP contribution in [0.3, 0.4) is 0 Å². The zero-order chi connectivity index (χ0) is 27.1. The molecule has 0 spiro atoms. The van der Waals surface area contributed by atoms with Crippen molar-refractivity contribution in [3.63, 3.8) is 0 Å². The Kier molecular flexibility index (Phi) is 6.44. The predicted molar refractivity (Wildman–Crippen MR) is 147 cm³/mol. The Morgan fingerprint density at radius 3 is 2.77 bits per heavy atom. The first-order valence-electron chi connectivity index (χ1n) is 12.6. The molecule has 1 atom stereocenters. The molecule has 1 aliphatic carbocycles. The highest BCUT2D eigenvalue weighted by atomic mass is 35.5. The number of pyridine rings is 1. The van der Waals surface area contributed by atoms with Crippen LogP contribution in [0.5, 0.6) is 0 Å². The standard InChI is InChI=1S/C29H24ClFN6O2/c1-17(38)22-3-2-4-23(29(22)31)20-12-26(32-14-20)25(11-18-5-6-18)28-9-7-19(15-37(28)39)24-13-21(30)8-10-27(24)36-16-33-34-35-36/h2-4,7-10,13-16,18,25,38H,1,5-6,11-12H2. The zero-order valence-electron chi connectivity index (χ0n) is 20.8. The fourth-order valence-electron chi connectivity index (χ4n) is 5.07. The molecule has 1 unspecified atom stereocenters. The monoisotopic (exact) mass is 542 g/mol. The fourth-order valence-corrected chi connectivity index (χ4v) is 5.25. The molecule has 0 amide bonds. The van der Waals surface area contributed by atoms with Crippen LogP contribution in [-0.4, -0.2) is 31.0 Å². The van der Waals surface area contributed by atoms with E-state index in [1.54, 1.807) is 36.5 Å². The molecule has 2 aliphatic rings. The van der Waals surface area contributed by atoms with Gasteiger partial charge in [0.2, 0.25) is 5.69 Å². The van der Waals surface area contributed by atoms with Crippen molar-refractivity contribution < 1.29 is 14.2 Å². The highest BCUT2D eigenvalue weighted by molar-refractivity contribution is 6.31. The van der Waals surface area contributed by atoms with Crippen molar-refractivity contribution in [2.45, 2.75) is 31.6 Å². The summed E-state index contributed by atoms with van der Waals surface area (Å²) < 4.78 is 17.5. The van der Waals surface area contributed by atoms with Crippen molar-refractivity contribution in [3.8, 4) is 16.8 Å². The van der Waals surface area contributed by atoms with E-state index in [2.05, 4.69) is 27.1 Å². The van der Waals surface area contributed by atoms with Crippen LogP contribution in [0.1, 0.15) is 48.4 Å². The molecule has 1 aliphatic heterocycles. The molecule has 4 aromatic rings. The van der Waals surface area contributed by atoms with E-state index in [1.807, 2.05) is 12.1 Å². The van der Waals surface area contributed by atoms with Gasteiger partial charge < -0.3 is 10.3 Å².